The van der Waals surface area contributed by atoms with E-state index in [9.17, 15) is 9.59 Å². The Morgan fingerprint density at radius 2 is 2.21 bits per heavy atom. The number of ether oxygens (including phenoxy) is 1. The summed E-state index contributed by atoms with van der Waals surface area (Å²) in [4.78, 5) is 34.3. The van der Waals surface area contributed by atoms with Crippen molar-refractivity contribution in [3.05, 3.63) is 41.7 Å². The van der Waals surface area contributed by atoms with Crippen LogP contribution in [0.3, 0.4) is 0 Å². The Labute approximate surface area is 168 Å². The summed E-state index contributed by atoms with van der Waals surface area (Å²) in [6.45, 7) is 1.87. The molecule has 2 saturated heterocycles. The van der Waals surface area contributed by atoms with Gasteiger partial charge in [0, 0.05) is 24.7 Å². The summed E-state index contributed by atoms with van der Waals surface area (Å²) in [7, 11) is 1.79. The van der Waals surface area contributed by atoms with Crippen molar-refractivity contribution in [3.63, 3.8) is 0 Å². The van der Waals surface area contributed by atoms with Crippen molar-refractivity contribution in [2.45, 2.75) is 12.5 Å². The summed E-state index contributed by atoms with van der Waals surface area (Å²) in [5, 5.41) is 3.17. The third kappa shape index (κ3) is 4.05. The van der Waals surface area contributed by atoms with Crippen molar-refractivity contribution < 1.29 is 14.3 Å². The third-order valence-corrected chi connectivity index (χ3v) is 4.96. The molecule has 8 heteroatoms. The summed E-state index contributed by atoms with van der Waals surface area (Å²) in [5.74, 6) is 5.67. The van der Waals surface area contributed by atoms with Crippen LogP contribution in [0.1, 0.15) is 22.5 Å². The van der Waals surface area contributed by atoms with E-state index in [-0.39, 0.29) is 23.6 Å². The van der Waals surface area contributed by atoms with Crippen LogP contribution in [-0.4, -0.2) is 59.5 Å². The highest BCUT2D eigenvalue weighted by Gasteiger charge is 2.27. The van der Waals surface area contributed by atoms with E-state index < -0.39 is 5.91 Å². The molecule has 3 heterocycles. The van der Waals surface area contributed by atoms with Crippen LogP contribution >= 0.6 is 0 Å². The minimum Gasteiger partial charge on any atom is -0.377 e. The molecule has 2 aliphatic heterocycles. The standard InChI is InChI=1S/C21H21N5O3/c1-26-8-7-14(21(26)28)6-5-13-3-2-4-15(9-13)20-23-10-17(18(25-20)19(22)27)24-16-11-29-12-16/h2-4,9-10,14,16,24H,7-8,11-12H2,1H3,(H2,22,27)/t14-/m1/s1. The minimum absolute atomic E-state index is 0.0584. The average Bonchev–Trinajstić information content (AvgIpc) is 3.01. The molecule has 0 aliphatic carbocycles. The van der Waals surface area contributed by atoms with E-state index in [1.807, 2.05) is 24.3 Å². The number of nitrogens with two attached hydrogens (primary N) is 1. The monoisotopic (exact) mass is 391 g/mol. The van der Waals surface area contributed by atoms with Gasteiger partial charge in [-0.3, -0.25) is 9.59 Å². The largest absolute Gasteiger partial charge is 0.377 e. The Morgan fingerprint density at radius 1 is 1.38 bits per heavy atom. The third-order valence-electron chi connectivity index (χ3n) is 4.96. The number of rotatable bonds is 4. The fourth-order valence-electron chi connectivity index (χ4n) is 3.22. The predicted molar refractivity (Wildman–Crippen MR) is 107 cm³/mol. The van der Waals surface area contributed by atoms with Crippen LogP contribution in [0.25, 0.3) is 11.4 Å². The zero-order valence-electron chi connectivity index (χ0n) is 16.0. The highest BCUT2D eigenvalue weighted by Crippen LogP contribution is 2.22. The van der Waals surface area contributed by atoms with Gasteiger partial charge in [-0.25, -0.2) is 9.97 Å². The zero-order chi connectivity index (χ0) is 20.4. The van der Waals surface area contributed by atoms with E-state index in [2.05, 4.69) is 27.1 Å². The van der Waals surface area contributed by atoms with E-state index in [0.29, 0.717) is 30.3 Å². The van der Waals surface area contributed by atoms with Crippen LogP contribution in [0, 0.1) is 17.8 Å². The maximum atomic E-state index is 12.0. The molecule has 29 heavy (non-hydrogen) atoms. The molecule has 3 N–H and O–H groups in total. The van der Waals surface area contributed by atoms with Gasteiger partial charge in [-0.1, -0.05) is 24.0 Å². The van der Waals surface area contributed by atoms with Gasteiger partial charge in [0.25, 0.3) is 5.91 Å². The molecule has 1 aromatic carbocycles. The first-order chi connectivity index (χ1) is 14.0. The lowest BCUT2D eigenvalue weighted by atomic mass is 10.1. The topological polar surface area (TPSA) is 110 Å². The molecule has 0 saturated carbocycles. The maximum absolute atomic E-state index is 12.0. The van der Waals surface area contributed by atoms with Crippen LogP contribution in [0.2, 0.25) is 0 Å². The van der Waals surface area contributed by atoms with Gasteiger partial charge in [-0.2, -0.15) is 0 Å². The second-order valence-corrected chi connectivity index (χ2v) is 7.15. The van der Waals surface area contributed by atoms with Crippen LogP contribution in [0.15, 0.2) is 30.5 Å². The SMILES string of the molecule is CN1CC[C@@H](C#Cc2cccc(-c3ncc(NC4COC4)c(C(N)=O)n3)c2)C1=O. The number of primary amides is 1. The molecule has 8 nitrogen and oxygen atoms in total. The van der Waals surface area contributed by atoms with Crippen LogP contribution in [-0.2, 0) is 9.53 Å². The molecule has 0 bridgehead atoms. The molecule has 2 fully saturated rings. The number of anilines is 1. The minimum atomic E-state index is -0.629. The van der Waals surface area contributed by atoms with Crippen LogP contribution in [0.5, 0.6) is 0 Å². The van der Waals surface area contributed by atoms with Gasteiger partial charge in [0.1, 0.15) is 5.92 Å². The van der Waals surface area contributed by atoms with E-state index >= 15 is 0 Å². The Hall–Kier alpha value is -3.44. The molecule has 1 atom stereocenters. The number of hydrogen-bond acceptors (Lipinski definition) is 6. The average molecular weight is 391 g/mol. The van der Waals surface area contributed by atoms with Crippen molar-refractivity contribution >= 4 is 17.5 Å². The summed E-state index contributed by atoms with van der Waals surface area (Å²) < 4.78 is 5.13. The molecular weight excluding hydrogens is 370 g/mol. The van der Waals surface area contributed by atoms with E-state index in [0.717, 1.165) is 18.5 Å². The number of carbonyl (C=O) groups excluding carboxylic acids is 2. The summed E-state index contributed by atoms with van der Waals surface area (Å²) in [6.07, 6.45) is 2.31. The number of carbonyl (C=O) groups is 2. The molecule has 0 radical (unpaired) electrons. The lowest BCUT2D eigenvalue weighted by Crippen LogP contribution is -2.41. The molecule has 2 aliphatic rings. The first-order valence-corrected chi connectivity index (χ1v) is 9.39. The number of aromatic nitrogens is 2. The Kier molecular flexibility index (Phi) is 5.14. The van der Waals surface area contributed by atoms with Crippen molar-refractivity contribution in [1.82, 2.24) is 14.9 Å². The molecule has 2 aromatic rings. The number of amides is 2. The summed E-state index contributed by atoms with van der Waals surface area (Å²) in [6, 6.07) is 7.50. The Balaban J connectivity index is 1.58. The first-order valence-electron chi connectivity index (χ1n) is 9.39. The van der Waals surface area contributed by atoms with Gasteiger partial charge >= 0.3 is 0 Å². The number of hydrogen-bond donors (Lipinski definition) is 2. The van der Waals surface area contributed by atoms with Gasteiger partial charge in [-0.05, 0) is 18.6 Å². The molecule has 4 rings (SSSR count). The molecule has 0 unspecified atom stereocenters. The predicted octanol–water partition coefficient (Wildman–Crippen LogP) is 0.883. The van der Waals surface area contributed by atoms with Crippen LogP contribution in [0.4, 0.5) is 5.69 Å². The second-order valence-electron chi connectivity index (χ2n) is 7.15. The van der Waals surface area contributed by atoms with E-state index in [4.69, 9.17) is 10.5 Å². The number of nitrogens with one attached hydrogen (secondary N) is 1. The lowest BCUT2D eigenvalue weighted by Gasteiger charge is -2.28. The molecule has 2 amide bonds. The van der Waals surface area contributed by atoms with Gasteiger partial charge in [0.2, 0.25) is 5.91 Å². The Bertz CT molecular complexity index is 1020. The maximum Gasteiger partial charge on any atom is 0.269 e. The molecular formula is C21H21N5O3. The van der Waals surface area contributed by atoms with Crippen molar-refractivity contribution in [3.8, 4) is 23.2 Å². The van der Waals surface area contributed by atoms with Gasteiger partial charge < -0.3 is 20.7 Å². The van der Waals surface area contributed by atoms with Crippen molar-refractivity contribution in [2.24, 2.45) is 11.7 Å². The summed E-state index contributed by atoms with van der Waals surface area (Å²) in [5.41, 5.74) is 7.61. The lowest BCUT2D eigenvalue weighted by molar-refractivity contribution is -0.128. The normalized spacial score (nSPS) is 18.7. The molecule has 148 valence electrons. The number of benzene rings is 1. The van der Waals surface area contributed by atoms with Gasteiger partial charge in [0.15, 0.2) is 11.5 Å². The zero-order valence-corrected chi connectivity index (χ0v) is 16.0. The Morgan fingerprint density at radius 3 is 2.86 bits per heavy atom. The highest BCUT2D eigenvalue weighted by molar-refractivity contribution is 5.96. The molecule has 0 spiro atoms. The molecule has 1 aromatic heterocycles. The summed E-state index contributed by atoms with van der Waals surface area (Å²) >= 11 is 0. The van der Waals surface area contributed by atoms with Gasteiger partial charge in [-0.15, -0.1) is 0 Å². The fraction of sp³-hybridized carbons (Fsp3) is 0.333. The van der Waals surface area contributed by atoms with Crippen LogP contribution < -0.4 is 11.1 Å². The van der Waals surface area contributed by atoms with E-state index in [1.165, 1.54) is 0 Å². The first kappa shape index (κ1) is 18.9. The number of likely N-dealkylation sites (tertiary alicyclic amines) is 1. The smallest absolute Gasteiger partial charge is 0.269 e. The number of nitrogens with zero attached hydrogens (tertiary/aromatic N) is 3. The fourth-order valence-corrected chi connectivity index (χ4v) is 3.22. The van der Waals surface area contributed by atoms with Crippen molar-refractivity contribution in [1.29, 1.82) is 0 Å². The van der Waals surface area contributed by atoms with Crippen molar-refractivity contribution in [2.75, 3.05) is 32.1 Å². The van der Waals surface area contributed by atoms with Gasteiger partial charge in [0.05, 0.1) is 31.1 Å². The highest BCUT2D eigenvalue weighted by atomic mass is 16.5. The second kappa shape index (κ2) is 7.89. The van der Waals surface area contributed by atoms with E-state index in [1.54, 1.807) is 18.1 Å². The quantitative estimate of drug-likeness (QED) is 0.749.